The van der Waals surface area contributed by atoms with Crippen LogP contribution in [-0.2, 0) is 9.63 Å². The third-order valence-electron chi connectivity index (χ3n) is 0.775. The Kier molecular flexibility index (Phi) is 3.72. The van der Waals surface area contributed by atoms with Crippen LogP contribution in [-0.4, -0.2) is 12.0 Å². The maximum Gasteiger partial charge on any atom is 0.269 e. The van der Waals surface area contributed by atoms with Gasteiger partial charge in [0.1, 0.15) is 0 Å². The first-order valence-electron chi connectivity index (χ1n) is 3.15. The van der Waals surface area contributed by atoms with E-state index in [0.29, 0.717) is 5.57 Å². The van der Waals surface area contributed by atoms with Gasteiger partial charge >= 0.3 is 0 Å². The van der Waals surface area contributed by atoms with Crippen LogP contribution in [0.15, 0.2) is 12.2 Å². The summed E-state index contributed by atoms with van der Waals surface area (Å²) in [6.07, 6.45) is 0.00306. The second-order valence-corrected chi connectivity index (χ2v) is 2.38. The lowest BCUT2D eigenvalue weighted by atomic mass is 10.3. The highest BCUT2D eigenvalue weighted by Crippen LogP contribution is 1.88. The molecule has 0 aliphatic carbocycles. The standard InChI is InChI=1S/C7H13NO2/c1-5(2)7(9)8-10-6(3)4/h6H,1H2,2-4H3,(H,8,9). The van der Waals surface area contributed by atoms with E-state index in [1.807, 2.05) is 13.8 Å². The highest BCUT2D eigenvalue weighted by atomic mass is 16.7. The Labute approximate surface area is 61.0 Å². The van der Waals surface area contributed by atoms with E-state index in [-0.39, 0.29) is 12.0 Å². The van der Waals surface area contributed by atoms with Gasteiger partial charge < -0.3 is 0 Å². The normalized spacial score (nSPS) is 9.60. The summed E-state index contributed by atoms with van der Waals surface area (Å²) in [6, 6.07) is 0. The van der Waals surface area contributed by atoms with E-state index in [1.165, 1.54) is 0 Å². The maximum atomic E-state index is 10.7. The lowest BCUT2D eigenvalue weighted by Gasteiger charge is -2.07. The van der Waals surface area contributed by atoms with Gasteiger partial charge in [-0.15, -0.1) is 0 Å². The zero-order chi connectivity index (χ0) is 8.15. The van der Waals surface area contributed by atoms with Crippen LogP contribution in [0.1, 0.15) is 20.8 Å². The van der Waals surface area contributed by atoms with Crippen molar-refractivity contribution in [2.75, 3.05) is 0 Å². The van der Waals surface area contributed by atoms with E-state index < -0.39 is 0 Å². The first-order chi connectivity index (χ1) is 4.54. The molecule has 0 saturated heterocycles. The van der Waals surface area contributed by atoms with Crippen molar-refractivity contribution < 1.29 is 9.63 Å². The van der Waals surface area contributed by atoms with E-state index in [9.17, 15) is 4.79 Å². The molecule has 0 aromatic rings. The van der Waals surface area contributed by atoms with Crippen molar-refractivity contribution >= 4 is 5.91 Å². The average molecular weight is 143 g/mol. The fraction of sp³-hybridized carbons (Fsp3) is 0.571. The Bertz CT molecular complexity index is 141. The molecule has 0 unspecified atom stereocenters. The molecule has 0 spiro atoms. The summed E-state index contributed by atoms with van der Waals surface area (Å²) >= 11 is 0. The minimum Gasteiger partial charge on any atom is -0.271 e. The van der Waals surface area contributed by atoms with Gasteiger partial charge in [-0.1, -0.05) is 6.58 Å². The van der Waals surface area contributed by atoms with E-state index in [2.05, 4.69) is 12.1 Å². The quantitative estimate of drug-likeness (QED) is 0.473. The number of rotatable bonds is 3. The van der Waals surface area contributed by atoms with Gasteiger partial charge in [-0.2, -0.15) is 0 Å². The lowest BCUT2D eigenvalue weighted by molar-refractivity contribution is -0.132. The summed E-state index contributed by atoms with van der Waals surface area (Å²) in [5, 5.41) is 0. The smallest absolute Gasteiger partial charge is 0.269 e. The summed E-state index contributed by atoms with van der Waals surface area (Å²) in [5.41, 5.74) is 2.69. The predicted octanol–water partition coefficient (Wildman–Crippen LogP) is 1.02. The number of carbonyl (C=O) groups excluding carboxylic acids is 1. The number of amides is 1. The van der Waals surface area contributed by atoms with Crippen molar-refractivity contribution in [1.82, 2.24) is 5.48 Å². The van der Waals surface area contributed by atoms with Gasteiger partial charge in [-0.25, -0.2) is 5.48 Å². The molecular formula is C7H13NO2. The van der Waals surface area contributed by atoms with Gasteiger partial charge in [0.05, 0.1) is 6.10 Å². The van der Waals surface area contributed by atoms with E-state index in [1.54, 1.807) is 6.92 Å². The molecule has 10 heavy (non-hydrogen) atoms. The Hall–Kier alpha value is -0.830. The van der Waals surface area contributed by atoms with Crippen LogP contribution >= 0.6 is 0 Å². The van der Waals surface area contributed by atoms with Crippen LogP contribution in [0, 0.1) is 0 Å². The molecule has 58 valence electrons. The Balaban J connectivity index is 3.50. The van der Waals surface area contributed by atoms with Crippen LogP contribution in [0.25, 0.3) is 0 Å². The van der Waals surface area contributed by atoms with E-state index >= 15 is 0 Å². The van der Waals surface area contributed by atoms with Crippen LogP contribution in [0.5, 0.6) is 0 Å². The van der Waals surface area contributed by atoms with Gasteiger partial charge in [-0.05, 0) is 20.8 Å². The van der Waals surface area contributed by atoms with Gasteiger partial charge in [-0.3, -0.25) is 9.63 Å². The minimum absolute atomic E-state index is 0.00306. The second-order valence-electron chi connectivity index (χ2n) is 2.38. The summed E-state index contributed by atoms with van der Waals surface area (Å²) in [7, 11) is 0. The average Bonchev–Trinajstić information content (AvgIpc) is 1.82. The zero-order valence-electron chi connectivity index (χ0n) is 6.60. The Morgan fingerprint density at radius 2 is 2.10 bits per heavy atom. The number of hydroxylamine groups is 1. The van der Waals surface area contributed by atoms with Gasteiger partial charge in [0, 0.05) is 5.57 Å². The van der Waals surface area contributed by atoms with E-state index in [4.69, 9.17) is 4.84 Å². The maximum absolute atomic E-state index is 10.7. The van der Waals surface area contributed by atoms with Crippen molar-refractivity contribution in [2.24, 2.45) is 0 Å². The van der Waals surface area contributed by atoms with Crippen LogP contribution in [0.2, 0.25) is 0 Å². The largest absolute Gasteiger partial charge is 0.271 e. The van der Waals surface area contributed by atoms with Crippen LogP contribution in [0.4, 0.5) is 0 Å². The SMILES string of the molecule is C=C(C)C(=O)NOC(C)C. The first kappa shape index (κ1) is 9.17. The molecule has 0 bridgehead atoms. The third-order valence-corrected chi connectivity index (χ3v) is 0.775. The topological polar surface area (TPSA) is 38.3 Å². The van der Waals surface area contributed by atoms with Crippen LogP contribution < -0.4 is 5.48 Å². The molecule has 1 N–H and O–H groups in total. The van der Waals surface area contributed by atoms with Crippen molar-refractivity contribution in [3.63, 3.8) is 0 Å². The molecule has 0 radical (unpaired) electrons. The molecule has 0 atom stereocenters. The molecule has 0 heterocycles. The lowest BCUT2D eigenvalue weighted by Crippen LogP contribution is -2.27. The summed E-state index contributed by atoms with van der Waals surface area (Å²) in [4.78, 5) is 15.5. The molecule has 0 aromatic heterocycles. The molecule has 0 aliphatic rings. The summed E-state index contributed by atoms with van der Waals surface area (Å²) < 4.78 is 0. The Morgan fingerprint density at radius 3 is 2.40 bits per heavy atom. The highest BCUT2D eigenvalue weighted by Gasteiger charge is 2.00. The number of nitrogens with one attached hydrogen (secondary N) is 1. The third kappa shape index (κ3) is 4.09. The van der Waals surface area contributed by atoms with Crippen molar-refractivity contribution in [2.45, 2.75) is 26.9 Å². The molecule has 0 fully saturated rings. The van der Waals surface area contributed by atoms with Crippen molar-refractivity contribution in [3.05, 3.63) is 12.2 Å². The van der Waals surface area contributed by atoms with Gasteiger partial charge in [0.15, 0.2) is 0 Å². The number of hydrogen-bond donors (Lipinski definition) is 1. The molecule has 0 aliphatic heterocycles. The molecular weight excluding hydrogens is 130 g/mol. The second kappa shape index (κ2) is 4.06. The molecule has 0 saturated carbocycles. The van der Waals surface area contributed by atoms with Crippen molar-refractivity contribution in [1.29, 1.82) is 0 Å². The summed E-state index contributed by atoms with van der Waals surface area (Å²) in [5.74, 6) is -0.270. The van der Waals surface area contributed by atoms with Crippen LogP contribution in [0.3, 0.4) is 0 Å². The monoisotopic (exact) mass is 143 g/mol. The molecule has 0 rings (SSSR count). The van der Waals surface area contributed by atoms with Gasteiger partial charge in [0.2, 0.25) is 0 Å². The predicted molar refractivity (Wildman–Crippen MR) is 39.2 cm³/mol. The van der Waals surface area contributed by atoms with Crippen molar-refractivity contribution in [3.8, 4) is 0 Å². The first-order valence-corrected chi connectivity index (χ1v) is 3.15. The highest BCUT2D eigenvalue weighted by molar-refractivity contribution is 5.91. The Morgan fingerprint density at radius 1 is 1.60 bits per heavy atom. The number of hydrogen-bond acceptors (Lipinski definition) is 2. The summed E-state index contributed by atoms with van der Waals surface area (Å²) in [6.45, 7) is 8.73. The minimum atomic E-state index is -0.270. The van der Waals surface area contributed by atoms with E-state index in [0.717, 1.165) is 0 Å². The molecule has 1 amide bonds. The number of carbonyl (C=O) groups is 1. The fourth-order valence-corrected chi connectivity index (χ4v) is 0.258. The molecule has 3 nitrogen and oxygen atoms in total. The fourth-order valence-electron chi connectivity index (χ4n) is 0.258. The molecule has 0 aromatic carbocycles. The zero-order valence-corrected chi connectivity index (χ0v) is 6.60. The van der Waals surface area contributed by atoms with Gasteiger partial charge in [0.25, 0.3) is 5.91 Å². The molecule has 3 heteroatoms.